The largest absolute Gasteiger partial charge is 0.450 e. The molecule has 8 nitrogen and oxygen atoms in total. The van der Waals surface area contributed by atoms with Crippen molar-refractivity contribution >= 4 is 6.09 Å². The number of rotatable bonds is 4. The van der Waals surface area contributed by atoms with Crippen molar-refractivity contribution in [2.24, 2.45) is 7.05 Å². The Balaban J connectivity index is 1.71. The molecule has 0 saturated carbocycles. The molecule has 23 heavy (non-hydrogen) atoms. The molecule has 3 heterocycles. The van der Waals surface area contributed by atoms with Crippen molar-refractivity contribution in [1.29, 1.82) is 0 Å². The number of hydrogen-bond acceptors (Lipinski definition) is 5. The van der Waals surface area contributed by atoms with Gasteiger partial charge in [0.15, 0.2) is 5.82 Å². The van der Waals surface area contributed by atoms with Crippen LogP contribution in [0.3, 0.4) is 0 Å². The van der Waals surface area contributed by atoms with Crippen LogP contribution in [-0.4, -0.2) is 55.2 Å². The molecule has 0 radical (unpaired) electrons. The summed E-state index contributed by atoms with van der Waals surface area (Å²) in [4.78, 5) is 13.7. The van der Waals surface area contributed by atoms with Crippen LogP contribution in [-0.2, 0) is 18.3 Å². The molecular weight excluding hydrogens is 296 g/mol. The summed E-state index contributed by atoms with van der Waals surface area (Å²) in [5, 5.41) is 12.8. The van der Waals surface area contributed by atoms with Crippen molar-refractivity contribution in [3.63, 3.8) is 0 Å². The van der Waals surface area contributed by atoms with Gasteiger partial charge in [0.1, 0.15) is 12.4 Å². The van der Waals surface area contributed by atoms with E-state index in [2.05, 4.69) is 15.3 Å². The number of carbonyl (C=O) groups is 1. The smallest absolute Gasteiger partial charge is 0.409 e. The molecule has 0 spiro atoms. The second-order valence-corrected chi connectivity index (χ2v) is 5.72. The Bertz CT molecular complexity index is 651. The van der Waals surface area contributed by atoms with Crippen LogP contribution in [0.1, 0.15) is 37.3 Å². The van der Waals surface area contributed by atoms with Gasteiger partial charge in [-0.2, -0.15) is 5.10 Å². The molecule has 1 amide bonds. The van der Waals surface area contributed by atoms with E-state index in [4.69, 9.17) is 4.74 Å². The quantitative estimate of drug-likeness (QED) is 0.851. The summed E-state index contributed by atoms with van der Waals surface area (Å²) in [5.41, 5.74) is 0. The molecule has 0 aliphatic carbocycles. The Morgan fingerprint density at radius 2 is 2.30 bits per heavy atom. The lowest BCUT2D eigenvalue weighted by Gasteiger charge is -2.31. The predicted octanol–water partition coefficient (Wildman–Crippen LogP) is 1.40. The van der Waals surface area contributed by atoms with E-state index in [1.807, 2.05) is 35.5 Å². The van der Waals surface area contributed by atoms with Crippen LogP contribution in [0.25, 0.3) is 0 Å². The number of ether oxygens (including phenoxy) is 1. The maximum Gasteiger partial charge on any atom is 0.409 e. The molecule has 3 rings (SSSR count). The zero-order chi connectivity index (χ0) is 16.2. The molecule has 8 heteroatoms. The van der Waals surface area contributed by atoms with E-state index in [-0.39, 0.29) is 12.0 Å². The molecule has 1 aliphatic rings. The topological polar surface area (TPSA) is 78.1 Å². The molecule has 0 N–H and O–H groups in total. The second-order valence-electron chi connectivity index (χ2n) is 5.72. The summed E-state index contributed by atoms with van der Waals surface area (Å²) in [6, 6.07) is 1.88. The number of aromatic nitrogens is 5. The predicted molar refractivity (Wildman–Crippen MR) is 82.9 cm³/mol. The summed E-state index contributed by atoms with van der Waals surface area (Å²) >= 11 is 0. The first kappa shape index (κ1) is 15.5. The van der Waals surface area contributed by atoms with E-state index in [0.29, 0.717) is 19.7 Å². The fourth-order valence-electron chi connectivity index (χ4n) is 2.98. The van der Waals surface area contributed by atoms with Crippen LogP contribution < -0.4 is 0 Å². The van der Waals surface area contributed by atoms with Crippen molar-refractivity contribution < 1.29 is 9.53 Å². The normalized spacial score (nSPS) is 18.2. The maximum atomic E-state index is 11.9. The van der Waals surface area contributed by atoms with Gasteiger partial charge in [-0.25, -0.2) is 4.79 Å². The number of amides is 1. The first-order chi connectivity index (χ1) is 11.2. The minimum atomic E-state index is -0.240. The third-order valence-corrected chi connectivity index (χ3v) is 4.17. The van der Waals surface area contributed by atoms with Gasteiger partial charge < -0.3 is 14.2 Å². The summed E-state index contributed by atoms with van der Waals surface area (Å²) in [7, 11) is 1.97. The second kappa shape index (κ2) is 6.80. The first-order valence-corrected chi connectivity index (χ1v) is 7.96. The Morgan fingerprint density at radius 3 is 3.04 bits per heavy atom. The monoisotopic (exact) mass is 318 g/mol. The Labute approximate surface area is 135 Å². The number of likely N-dealkylation sites (tertiary alicyclic amines) is 1. The van der Waals surface area contributed by atoms with Crippen LogP contribution in [0.4, 0.5) is 4.79 Å². The average molecular weight is 318 g/mol. The van der Waals surface area contributed by atoms with Crippen LogP contribution in [0.5, 0.6) is 0 Å². The van der Waals surface area contributed by atoms with Gasteiger partial charge in [0.05, 0.1) is 6.61 Å². The summed E-state index contributed by atoms with van der Waals surface area (Å²) in [6.45, 7) is 4.19. The van der Waals surface area contributed by atoms with Gasteiger partial charge in [-0.3, -0.25) is 4.68 Å². The molecule has 124 valence electrons. The minimum Gasteiger partial charge on any atom is -0.450 e. The highest BCUT2D eigenvalue weighted by Crippen LogP contribution is 2.26. The molecule has 0 bridgehead atoms. The van der Waals surface area contributed by atoms with E-state index >= 15 is 0 Å². The van der Waals surface area contributed by atoms with Gasteiger partial charge in [0, 0.05) is 38.4 Å². The molecule has 1 atom stereocenters. The highest BCUT2D eigenvalue weighted by molar-refractivity contribution is 5.67. The summed E-state index contributed by atoms with van der Waals surface area (Å²) in [5.74, 6) is 1.97. The molecule has 1 unspecified atom stereocenters. The number of carbonyl (C=O) groups excluding carboxylic acids is 1. The van der Waals surface area contributed by atoms with E-state index in [0.717, 1.165) is 31.0 Å². The lowest BCUT2D eigenvalue weighted by Crippen LogP contribution is -2.40. The lowest BCUT2D eigenvalue weighted by atomic mass is 9.97. The van der Waals surface area contributed by atoms with Crippen molar-refractivity contribution in [2.45, 2.75) is 32.2 Å². The van der Waals surface area contributed by atoms with Crippen LogP contribution in [0.15, 0.2) is 18.5 Å². The van der Waals surface area contributed by atoms with Crippen molar-refractivity contribution in [3.8, 4) is 0 Å². The average Bonchev–Trinajstić information content (AvgIpc) is 3.19. The Hall–Kier alpha value is -2.38. The van der Waals surface area contributed by atoms with E-state index < -0.39 is 0 Å². The SMILES string of the molecule is CCOC(=O)N1CCCC(c2nnc(Cn3cccn3)n2C)C1. The van der Waals surface area contributed by atoms with E-state index in [1.165, 1.54) is 0 Å². The molecule has 0 aromatic carbocycles. The van der Waals surface area contributed by atoms with E-state index in [1.54, 1.807) is 11.1 Å². The fourth-order valence-corrected chi connectivity index (χ4v) is 2.98. The van der Waals surface area contributed by atoms with Crippen molar-refractivity contribution in [1.82, 2.24) is 29.4 Å². The van der Waals surface area contributed by atoms with Gasteiger partial charge in [-0.15, -0.1) is 10.2 Å². The first-order valence-electron chi connectivity index (χ1n) is 7.96. The highest BCUT2D eigenvalue weighted by Gasteiger charge is 2.29. The van der Waals surface area contributed by atoms with Gasteiger partial charge in [-0.05, 0) is 25.8 Å². The third-order valence-electron chi connectivity index (χ3n) is 4.17. The lowest BCUT2D eigenvalue weighted by molar-refractivity contribution is 0.0949. The molecule has 1 saturated heterocycles. The van der Waals surface area contributed by atoms with Gasteiger partial charge >= 0.3 is 6.09 Å². The number of piperidine rings is 1. The summed E-state index contributed by atoms with van der Waals surface area (Å²) < 4.78 is 8.94. The van der Waals surface area contributed by atoms with Crippen LogP contribution in [0.2, 0.25) is 0 Å². The number of nitrogens with zero attached hydrogens (tertiary/aromatic N) is 6. The molecule has 2 aromatic rings. The van der Waals surface area contributed by atoms with Gasteiger partial charge in [-0.1, -0.05) is 0 Å². The molecular formula is C15H22N6O2. The van der Waals surface area contributed by atoms with Gasteiger partial charge in [0.2, 0.25) is 0 Å². The third kappa shape index (κ3) is 3.35. The summed E-state index contributed by atoms with van der Waals surface area (Å²) in [6.07, 6.45) is 5.36. The van der Waals surface area contributed by atoms with Crippen LogP contribution >= 0.6 is 0 Å². The Morgan fingerprint density at radius 1 is 1.43 bits per heavy atom. The molecule has 1 fully saturated rings. The zero-order valence-corrected chi connectivity index (χ0v) is 13.6. The van der Waals surface area contributed by atoms with Gasteiger partial charge in [0.25, 0.3) is 0 Å². The maximum absolute atomic E-state index is 11.9. The molecule has 2 aromatic heterocycles. The fraction of sp³-hybridized carbons (Fsp3) is 0.600. The molecule has 1 aliphatic heterocycles. The van der Waals surface area contributed by atoms with Crippen molar-refractivity contribution in [3.05, 3.63) is 30.1 Å². The standard InChI is InChI=1S/C15H22N6O2/c1-3-23-15(22)20-8-4-6-12(10-20)14-18-17-13(19(14)2)11-21-9-5-7-16-21/h5,7,9,12H,3-4,6,8,10-11H2,1-2H3. The van der Waals surface area contributed by atoms with E-state index in [9.17, 15) is 4.79 Å². The highest BCUT2D eigenvalue weighted by atomic mass is 16.6. The Kier molecular flexibility index (Phi) is 4.59. The van der Waals surface area contributed by atoms with Crippen LogP contribution in [0, 0.1) is 0 Å². The number of hydrogen-bond donors (Lipinski definition) is 0. The zero-order valence-electron chi connectivity index (χ0n) is 13.6. The minimum absolute atomic E-state index is 0.192. The van der Waals surface area contributed by atoms with Crippen molar-refractivity contribution in [2.75, 3.05) is 19.7 Å².